The first-order valence-corrected chi connectivity index (χ1v) is 8.80. The maximum absolute atomic E-state index is 12.1. The number of aliphatic hydroxyl groups excluding tert-OH is 1. The molecule has 0 amide bonds. The Bertz CT molecular complexity index is 816. The summed E-state index contributed by atoms with van der Waals surface area (Å²) in [5.74, 6) is 0.815. The average molecular weight is 350 g/mol. The lowest BCUT2D eigenvalue weighted by molar-refractivity contribution is -0.120. The second-order valence-electron chi connectivity index (χ2n) is 6.28. The summed E-state index contributed by atoms with van der Waals surface area (Å²) in [6.07, 6.45) is 5.18. The predicted octanol–water partition coefficient (Wildman–Crippen LogP) is 3.62. The normalized spacial score (nSPS) is 12.0. The zero-order chi connectivity index (χ0) is 18.2. The van der Waals surface area contributed by atoms with Crippen LogP contribution < -0.4 is 0 Å². The minimum absolute atomic E-state index is 0.0772. The second-order valence-corrected chi connectivity index (χ2v) is 6.28. The van der Waals surface area contributed by atoms with Crippen LogP contribution in [0.3, 0.4) is 0 Å². The van der Waals surface area contributed by atoms with E-state index < -0.39 is 6.10 Å². The van der Waals surface area contributed by atoms with Crippen LogP contribution in [0.1, 0.15) is 30.7 Å². The van der Waals surface area contributed by atoms with Crippen LogP contribution in [-0.2, 0) is 17.6 Å². The Balaban J connectivity index is 1.43. The van der Waals surface area contributed by atoms with Crippen molar-refractivity contribution in [2.24, 2.45) is 0 Å². The summed E-state index contributed by atoms with van der Waals surface area (Å²) in [7, 11) is 0. The van der Waals surface area contributed by atoms with Crippen LogP contribution in [0.5, 0.6) is 0 Å². The Hall–Kier alpha value is -2.79. The molecule has 0 fully saturated rings. The molecule has 0 radical (unpaired) electrons. The highest BCUT2D eigenvalue weighted by atomic mass is 16.4. The molecule has 0 saturated carbocycles. The van der Waals surface area contributed by atoms with Gasteiger partial charge in [0.25, 0.3) is 0 Å². The molecule has 0 saturated heterocycles. The highest BCUT2D eigenvalue weighted by Crippen LogP contribution is 2.18. The van der Waals surface area contributed by atoms with Crippen molar-refractivity contribution in [3.8, 4) is 11.5 Å². The molecule has 1 unspecified atom stereocenters. The fraction of sp³-hybridized carbons (Fsp3) is 0.286. The maximum Gasteiger partial charge on any atom is 0.202 e. The molecular formula is C21H22N2O3. The summed E-state index contributed by atoms with van der Waals surface area (Å²) < 4.78 is 5.58. The largest absolute Gasteiger partial charge is 0.439 e. The fourth-order valence-corrected chi connectivity index (χ4v) is 2.81. The van der Waals surface area contributed by atoms with Crippen LogP contribution in [-0.4, -0.2) is 27.0 Å². The number of ketones is 1. The topological polar surface area (TPSA) is 76.2 Å². The van der Waals surface area contributed by atoms with Crippen molar-refractivity contribution < 1.29 is 14.3 Å². The van der Waals surface area contributed by atoms with Gasteiger partial charge in [0, 0.05) is 12.6 Å². The molecule has 0 bridgehead atoms. The van der Waals surface area contributed by atoms with Crippen molar-refractivity contribution in [1.29, 1.82) is 0 Å². The highest BCUT2D eigenvalue weighted by Gasteiger charge is 2.15. The van der Waals surface area contributed by atoms with Crippen LogP contribution in [0.4, 0.5) is 0 Å². The van der Waals surface area contributed by atoms with Gasteiger partial charge in [-0.05, 0) is 37.0 Å². The maximum atomic E-state index is 12.1. The van der Waals surface area contributed by atoms with E-state index in [4.69, 9.17) is 4.42 Å². The number of pyridine rings is 1. The third-order valence-electron chi connectivity index (χ3n) is 4.13. The van der Waals surface area contributed by atoms with Gasteiger partial charge in [0.2, 0.25) is 5.89 Å². The minimum atomic E-state index is -0.628. The van der Waals surface area contributed by atoms with Gasteiger partial charge in [0.1, 0.15) is 11.5 Å². The SMILES string of the molecule is O=C(Cc1ncc(-c2ccccn2)o1)CC(O)CCCc1ccccc1. The molecule has 26 heavy (non-hydrogen) atoms. The summed E-state index contributed by atoms with van der Waals surface area (Å²) in [5.41, 5.74) is 1.92. The number of hydrogen-bond donors (Lipinski definition) is 1. The van der Waals surface area contributed by atoms with Gasteiger partial charge in [-0.3, -0.25) is 9.78 Å². The quantitative estimate of drug-likeness (QED) is 0.638. The molecular weight excluding hydrogens is 328 g/mol. The van der Waals surface area contributed by atoms with Gasteiger partial charge in [-0.2, -0.15) is 0 Å². The second kappa shape index (κ2) is 9.06. The van der Waals surface area contributed by atoms with Crippen LogP contribution in [0.15, 0.2) is 65.3 Å². The zero-order valence-corrected chi connectivity index (χ0v) is 14.5. The molecule has 0 aliphatic heterocycles. The van der Waals surface area contributed by atoms with Gasteiger partial charge in [0.05, 0.1) is 18.7 Å². The monoisotopic (exact) mass is 350 g/mol. The van der Waals surface area contributed by atoms with E-state index in [1.807, 2.05) is 36.4 Å². The first-order chi connectivity index (χ1) is 12.7. The van der Waals surface area contributed by atoms with Gasteiger partial charge in [0.15, 0.2) is 5.76 Å². The first kappa shape index (κ1) is 18.0. The number of Topliss-reactive ketones (excluding diaryl/α,β-unsaturated/α-hetero) is 1. The number of aromatic nitrogens is 2. The lowest BCUT2D eigenvalue weighted by atomic mass is 10.0. The van der Waals surface area contributed by atoms with Gasteiger partial charge in [-0.15, -0.1) is 0 Å². The van der Waals surface area contributed by atoms with Gasteiger partial charge in [-0.25, -0.2) is 4.98 Å². The van der Waals surface area contributed by atoms with E-state index in [1.54, 1.807) is 12.4 Å². The van der Waals surface area contributed by atoms with Crippen LogP contribution >= 0.6 is 0 Å². The van der Waals surface area contributed by atoms with Crippen molar-refractivity contribution >= 4 is 5.78 Å². The highest BCUT2D eigenvalue weighted by molar-refractivity contribution is 5.80. The third-order valence-corrected chi connectivity index (χ3v) is 4.13. The van der Waals surface area contributed by atoms with Crippen molar-refractivity contribution in [2.75, 3.05) is 0 Å². The van der Waals surface area contributed by atoms with E-state index in [0.717, 1.165) is 12.8 Å². The van der Waals surface area contributed by atoms with E-state index in [-0.39, 0.29) is 18.6 Å². The lowest BCUT2D eigenvalue weighted by Gasteiger charge is -2.09. The molecule has 5 nitrogen and oxygen atoms in total. The van der Waals surface area contributed by atoms with Crippen LogP contribution in [0.25, 0.3) is 11.5 Å². The summed E-state index contributed by atoms with van der Waals surface area (Å²) >= 11 is 0. The first-order valence-electron chi connectivity index (χ1n) is 8.80. The Kier molecular flexibility index (Phi) is 6.28. The number of aliphatic hydroxyl groups is 1. The van der Waals surface area contributed by atoms with Gasteiger partial charge >= 0.3 is 0 Å². The number of aryl methyl sites for hydroxylation is 1. The van der Waals surface area contributed by atoms with E-state index in [1.165, 1.54) is 5.56 Å². The average Bonchev–Trinajstić information content (AvgIpc) is 3.11. The molecule has 2 aromatic heterocycles. The molecule has 0 aliphatic carbocycles. The molecule has 1 aromatic carbocycles. The van der Waals surface area contributed by atoms with E-state index in [9.17, 15) is 9.90 Å². The summed E-state index contributed by atoms with van der Waals surface area (Å²) in [6, 6.07) is 15.6. The van der Waals surface area contributed by atoms with E-state index in [2.05, 4.69) is 22.1 Å². The number of carbonyl (C=O) groups is 1. The number of benzene rings is 1. The third kappa shape index (κ3) is 5.36. The molecule has 3 rings (SSSR count). The number of carbonyl (C=O) groups excluding carboxylic acids is 1. The minimum Gasteiger partial charge on any atom is -0.439 e. The summed E-state index contributed by atoms with van der Waals surface area (Å²) in [4.78, 5) is 20.4. The Labute approximate surface area is 152 Å². The van der Waals surface area contributed by atoms with E-state index >= 15 is 0 Å². The van der Waals surface area contributed by atoms with Crippen molar-refractivity contribution in [1.82, 2.24) is 9.97 Å². The van der Waals surface area contributed by atoms with Crippen LogP contribution in [0, 0.1) is 0 Å². The standard InChI is InChI=1S/C21H22N2O3/c24-17(10-6-9-16-7-2-1-3-8-16)13-18(25)14-21-23-15-20(26-21)19-11-4-5-12-22-19/h1-5,7-8,11-12,15,17,24H,6,9-10,13-14H2. The van der Waals surface area contributed by atoms with Gasteiger partial charge in [-0.1, -0.05) is 36.4 Å². The molecule has 134 valence electrons. The number of oxazole rings is 1. The van der Waals surface area contributed by atoms with E-state index in [0.29, 0.717) is 23.8 Å². The number of hydrogen-bond acceptors (Lipinski definition) is 5. The summed E-state index contributed by atoms with van der Waals surface area (Å²) in [5, 5.41) is 10.1. The van der Waals surface area contributed by atoms with Crippen molar-refractivity contribution in [2.45, 2.75) is 38.2 Å². The molecule has 0 aliphatic rings. The zero-order valence-electron chi connectivity index (χ0n) is 14.5. The lowest BCUT2D eigenvalue weighted by Crippen LogP contribution is -2.15. The van der Waals surface area contributed by atoms with Crippen LogP contribution in [0.2, 0.25) is 0 Å². The molecule has 0 spiro atoms. The smallest absolute Gasteiger partial charge is 0.202 e. The molecule has 1 N–H and O–H groups in total. The number of nitrogens with zero attached hydrogens (tertiary/aromatic N) is 2. The van der Waals surface area contributed by atoms with Crippen molar-refractivity contribution in [3.05, 3.63) is 72.4 Å². The molecule has 3 aromatic rings. The van der Waals surface area contributed by atoms with Crippen molar-refractivity contribution in [3.63, 3.8) is 0 Å². The number of rotatable bonds is 9. The predicted molar refractivity (Wildman–Crippen MR) is 98.4 cm³/mol. The Morgan fingerprint density at radius 2 is 1.88 bits per heavy atom. The Morgan fingerprint density at radius 3 is 2.65 bits per heavy atom. The molecule has 2 heterocycles. The molecule has 1 atom stereocenters. The van der Waals surface area contributed by atoms with Gasteiger partial charge < -0.3 is 9.52 Å². The molecule has 5 heteroatoms. The Morgan fingerprint density at radius 1 is 1.08 bits per heavy atom. The fourth-order valence-electron chi connectivity index (χ4n) is 2.81. The summed E-state index contributed by atoms with van der Waals surface area (Å²) in [6.45, 7) is 0.